The molecule has 1 saturated heterocycles. The van der Waals surface area contributed by atoms with Crippen LogP contribution in [-0.2, 0) is 6.42 Å². The first-order valence-electron chi connectivity index (χ1n) is 11.8. The van der Waals surface area contributed by atoms with Gasteiger partial charge in [-0.3, -0.25) is 14.9 Å². The van der Waals surface area contributed by atoms with Crippen LogP contribution in [-0.4, -0.2) is 28.9 Å². The van der Waals surface area contributed by atoms with E-state index in [1.54, 1.807) is 24.3 Å². The van der Waals surface area contributed by atoms with Crippen LogP contribution in [0.4, 0.5) is 17.1 Å². The van der Waals surface area contributed by atoms with Crippen LogP contribution in [0.2, 0.25) is 0 Å². The van der Waals surface area contributed by atoms with Crippen molar-refractivity contribution in [2.45, 2.75) is 32.6 Å². The lowest BCUT2D eigenvalue weighted by atomic mass is 10.1. The average Bonchev–Trinajstić information content (AvgIpc) is 3.26. The van der Waals surface area contributed by atoms with Gasteiger partial charge in [0.2, 0.25) is 0 Å². The van der Waals surface area contributed by atoms with Crippen LogP contribution < -0.4 is 10.2 Å². The lowest BCUT2D eigenvalue weighted by molar-refractivity contribution is -0.384. The van der Waals surface area contributed by atoms with Crippen molar-refractivity contribution in [3.63, 3.8) is 0 Å². The Balaban J connectivity index is 1.27. The van der Waals surface area contributed by atoms with Crippen molar-refractivity contribution in [1.82, 2.24) is 4.98 Å². The van der Waals surface area contributed by atoms with Gasteiger partial charge in [-0.1, -0.05) is 18.2 Å². The van der Waals surface area contributed by atoms with E-state index in [2.05, 4.69) is 10.3 Å². The number of oxazole rings is 1. The fourth-order valence-electron chi connectivity index (χ4n) is 4.46. The maximum Gasteiger partial charge on any atom is 0.293 e. The van der Waals surface area contributed by atoms with Crippen LogP contribution >= 0.6 is 0 Å². The summed E-state index contributed by atoms with van der Waals surface area (Å²) in [5.74, 6) is 0.240. The van der Waals surface area contributed by atoms with Gasteiger partial charge in [-0.15, -0.1) is 0 Å². The number of anilines is 2. The Morgan fingerprint density at radius 2 is 1.83 bits per heavy atom. The molecule has 2 heterocycles. The van der Waals surface area contributed by atoms with E-state index in [1.807, 2.05) is 42.2 Å². The van der Waals surface area contributed by atoms with Crippen LogP contribution in [0.15, 0.2) is 65.1 Å². The number of fused-ring (bicyclic) bond motifs is 1. The number of nitrogens with zero attached hydrogens (tertiary/aromatic N) is 3. The van der Waals surface area contributed by atoms with Crippen molar-refractivity contribution in [3.05, 3.63) is 93.4 Å². The number of aromatic nitrogens is 1. The van der Waals surface area contributed by atoms with Crippen molar-refractivity contribution >= 4 is 34.1 Å². The lowest BCUT2D eigenvalue weighted by Gasteiger charge is -2.28. The monoisotopic (exact) mass is 470 g/mol. The summed E-state index contributed by atoms with van der Waals surface area (Å²) in [6.07, 6.45) is 3.70. The van der Waals surface area contributed by atoms with Gasteiger partial charge in [-0.2, -0.15) is 0 Å². The minimum atomic E-state index is -0.414. The molecule has 0 aliphatic carbocycles. The predicted octanol–water partition coefficient (Wildman–Crippen LogP) is 5.88. The predicted molar refractivity (Wildman–Crippen MR) is 135 cm³/mol. The number of nitrogens with one attached hydrogen (secondary N) is 1. The summed E-state index contributed by atoms with van der Waals surface area (Å²) >= 11 is 0. The van der Waals surface area contributed by atoms with Gasteiger partial charge in [0.25, 0.3) is 11.6 Å². The highest BCUT2D eigenvalue weighted by atomic mass is 16.6. The molecule has 0 atom stereocenters. The standard InChI is InChI=1S/C27H26N4O4/c1-18-5-12-25-22(15-18)29-26(35-25)16-19-6-9-21(10-7-19)28-27(32)20-8-11-23(24(17-20)31(33)34)30-13-3-2-4-14-30/h5-12,15,17H,2-4,13-14,16H2,1H3,(H,28,32). The van der Waals surface area contributed by atoms with Gasteiger partial charge in [-0.25, -0.2) is 4.98 Å². The molecule has 1 fully saturated rings. The molecule has 1 aromatic heterocycles. The second kappa shape index (κ2) is 9.58. The third kappa shape index (κ3) is 5.01. The molecular formula is C27H26N4O4. The zero-order valence-corrected chi connectivity index (χ0v) is 19.5. The fourth-order valence-corrected chi connectivity index (χ4v) is 4.46. The molecule has 8 nitrogen and oxygen atoms in total. The zero-order chi connectivity index (χ0) is 24.4. The highest BCUT2D eigenvalue weighted by Gasteiger charge is 2.23. The van der Waals surface area contributed by atoms with Crippen LogP contribution in [0.1, 0.15) is 46.6 Å². The zero-order valence-electron chi connectivity index (χ0n) is 19.5. The van der Waals surface area contributed by atoms with E-state index in [1.165, 1.54) is 6.07 Å². The van der Waals surface area contributed by atoms with E-state index in [4.69, 9.17) is 4.42 Å². The Morgan fingerprint density at radius 1 is 1.06 bits per heavy atom. The molecule has 0 bridgehead atoms. The number of hydrogen-bond donors (Lipinski definition) is 1. The number of benzene rings is 3. The molecule has 8 heteroatoms. The van der Waals surface area contributed by atoms with Gasteiger partial charge < -0.3 is 14.6 Å². The van der Waals surface area contributed by atoms with Crippen LogP contribution in [0.25, 0.3) is 11.1 Å². The smallest absolute Gasteiger partial charge is 0.293 e. The van der Waals surface area contributed by atoms with E-state index >= 15 is 0 Å². The molecule has 5 rings (SSSR count). The second-order valence-electron chi connectivity index (χ2n) is 8.91. The van der Waals surface area contributed by atoms with Gasteiger partial charge in [0.05, 0.1) is 4.92 Å². The molecule has 1 aliphatic rings. The van der Waals surface area contributed by atoms with Crippen molar-refractivity contribution in [3.8, 4) is 0 Å². The van der Waals surface area contributed by atoms with Gasteiger partial charge >= 0.3 is 0 Å². The largest absolute Gasteiger partial charge is 0.440 e. The average molecular weight is 471 g/mol. The summed E-state index contributed by atoms with van der Waals surface area (Å²) in [4.78, 5) is 30.7. The minimum Gasteiger partial charge on any atom is -0.440 e. The first-order chi connectivity index (χ1) is 17.0. The van der Waals surface area contributed by atoms with Gasteiger partial charge in [0, 0.05) is 36.8 Å². The Labute approximate surface area is 202 Å². The van der Waals surface area contributed by atoms with Crippen molar-refractivity contribution in [2.24, 2.45) is 0 Å². The molecule has 3 aromatic carbocycles. The molecule has 0 radical (unpaired) electrons. The normalized spacial score (nSPS) is 13.7. The summed E-state index contributed by atoms with van der Waals surface area (Å²) in [5, 5.41) is 14.5. The van der Waals surface area contributed by atoms with Crippen molar-refractivity contribution < 1.29 is 14.1 Å². The van der Waals surface area contributed by atoms with E-state index in [0.717, 1.165) is 54.6 Å². The highest BCUT2D eigenvalue weighted by molar-refractivity contribution is 6.05. The summed E-state index contributed by atoms with van der Waals surface area (Å²) < 4.78 is 5.82. The Morgan fingerprint density at radius 3 is 2.57 bits per heavy atom. The summed E-state index contributed by atoms with van der Waals surface area (Å²) in [6, 6.07) is 18.0. The molecule has 0 unspecified atom stereocenters. The molecule has 35 heavy (non-hydrogen) atoms. The van der Waals surface area contributed by atoms with Crippen LogP contribution in [0.5, 0.6) is 0 Å². The fraction of sp³-hybridized carbons (Fsp3) is 0.259. The number of piperidine rings is 1. The second-order valence-corrected chi connectivity index (χ2v) is 8.91. The molecule has 1 N–H and O–H groups in total. The van der Waals surface area contributed by atoms with Gasteiger partial charge in [0.15, 0.2) is 11.5 Å². The molecular weight excluding hydrogens is 444 g/mol. The number of carbonyl (C=O) groups is 1. The van der Waals surface area contributed by atoms with Gasteiger partial charge in [0.1, 0.15) is 11.2 Å². The molecule has 178 valence electrons. The molecule has 4 aromatic rings. The Hall–Kier alpha value is -4.20. The highest BCUT2D eigenvalue weighted by Crippen LogP contribution is 2.31. The lowest BCUT2D eigenvalue weighted by Crippen LogP contribution is -2.30. The van der Waals surface area contributed by atoms with Crippen LogP contribution in [0.3, 0.4) is 0 Å². The number of rotatable bonds is 6. The maximum absolute atomic E-state index is 12.8. The minimum absolute atomic E-state index is 0.0385. The SMILES string of the molecule is Cc1ccc2oc(Cc3ccc(NC(=O)c4ccc(N5CCCCC5)c([N+](=O)[O-])c4)cc3)nc2c1. The Kier molecular flexibility index (Phi) is 6.18. The molecule has 0 spiro atoms. The third-order valence-corrected chi connectivity index (χ3v) is 6.29. The third-order valence-electron chi connectivity index (χ3n) is 6.29. The number of aryl methyl sites for hydroxylation is 1. The number of amides is 1. The quantitative estimate of drug-likeness (QED) is 0.279. The summed E-state index contributed by atoms with van der Waals surface area (Å²) in [5.41, 5.74) is 5.11. The topological polar surface area (TPSA) is 102 Å². The summed E-state index contributed by atoms with van der Waals surface area (Å²) in [7, 11) is 0. The number of nitro groups is 1. The number of nitro benzene ring substituents is 1. The maximum atomic E-state index is 12.8. The van der Waals surface area contributed by atoms with E-state index in [0.29, 0.717) is 23.7 Å². The van der Waals surface area contributed by atoms with Gasteiger partial charge in [-0.05, 0) is 73.7 Å². The number of hydrogen-bond acceptors (Lipinski definition) is 6. The van der Waals surface area contributed by atoms with E-state index < -0.39 is 4.92 Å². The van der Waals surface area contributed by atoms with Crippen molar-refractivity contribution in [2.75, 3.05) is 23.3 Å². The molecule has 1 amide bonds. The Bertz CT molecular complexity index is 1390. The van der Waals surface area contributed by atoms with E-state index in [9.17, 15) is 14.9 Å². The van der Waals surface area contributed by atoms with Crippen LogP contribution in [0, 0.1) is 17.0 Å². The first kappa shape index (κ1) is 22.6. The van der Waals surface area contributed by atoms with Crippen molar-refractivity contribution in [1.29, 1.82) is 0 Å². The summed E-state index contributed by atoms with van der Waals surface area (Å²) in [6.45, 7) is 3.60. The molecule has 0 saturated carbocycles. The number of carbonyl (C=O) groups excluding carboxylic acids is 1. The van der Waals surface area contributed by atoms with E-state index in [-0.39, 0.29) is 17.2 Å². The molecule has 1 aliphatic heterocycles. The first-order valence-corrected chi connectivity index (χ1v) is 11.8.